The first-order chi connectivity index (χ1) is 7.43. The third kappa shape index (κ3) is 4.20. The molecule has 0 saturated carbocycles. The Kier molecular flexibility index (Phi) is 4.32. The van der Waals surface area contributed by atoms with E-state index in [0.29, 0.717) is 11.3 Å². The molecule has 1 N–H and O–H groups in total. The van der Waals surface area contributed by atoms with Crippen molar-refractivity contribution in [1.29, 1.82) is 0 Å². The Morgan fingerprint density at radius 1 is 1.38 bits per heavy atom. The Morgan fingerprint density at radius 3 is 2.62 bits per heavy atom. The maximum atomic E-state index is 11.4. The molecule has 0 atom stereocenters. The minimum Gasteiger partial charge on any atom is -0.491 e. The smallest absolute Gasteiger partial charge is 0.215 e. The molecule has 90 valence electrons. The number of hydrogen-bond donors (Lipinski definition) is 1. The Labute approximate surface area is 96.7 Å². The highest BCUT2D eigenvalue weighted by Crippen LogP contribution is 2.16. The molecular weight excluding hydrogens is 226 g/mol. The van der Waals surface area contributed by atoms with Gasteiger partial charge in [-0.25, -0.2) is 13.1 Å². The quantitative estimate of drug-likeness (QED) is 0.853. The van der Waals surface area contributed by atoms with Crippen LogP contribution in [0.25, 0.3) is 0 Å². The molecule has 1 aromatic rings. The third-order valence-electron chi connectivity index (χ3n) is 1.94. The fourth-order valence-electron chi connectivity index (χ4n) is 1.27. The summed E-state index contributed by atoms with van der Waals surface area (Å²) >= 11 is 0. The summed E-state index contributed by atoms with van der Waals surface area (Å²) in [6.07, 6.45) is 0.0798. The Balaban J connectivity index is 2.83. The van der Waals surface area contributed by atoms with E-state index in [-0.39, 0.29) is 11.9 Å². The van der Waals surface area contributed by atoms with Crippen LogP contribution in [-0.4, -0.2) is 21.6 Å². The summed E-state index contributed by atoms with van der Waals surface area (Å²) in [6, 6.07) is 7.12. The number of ether oxygens (including phenoxy) is 1. The topological polar surface area (TPSA) is 55.4 Å². The number of nitrogens with one attached hydrogen (secondary N) is 1. The van der Waals surface area contributed by atoms with E-state index in [1.807, 2.05) is 19.9 Å². The molecule has 0 bridgehead atoms. The summed E-state index contributed by atoms with van der Waals surface area (Å²) < 4.78 is 30.5. The summed E-state index contributed by atoms with van der Waals surface area (Å²) in [4.78, 5) is 0. The fourth-order valence-corrected chi connectivity index (χ4v) is 2.04. The molecule has 0 unspecified atom stereocenters. The van der Waals surface area contributed by atoms with E-state index in [4.69, 9.17) is 4.74 Å². The normalized spacial score (nSPS) is 11.8. The highest BCUT2D eigenvalue weighted by atomic mass is 32.2. The molecule has 0 amide bonds. The first kappa shape index (κ1) is 13.0. The molecule has 0 aliphatic rings. The molecule has 16 heavy (non-hydrogen) atoms. The minimum absolute atomic E-state index is 0.0290. The van der Waals surface area contributed by atoms with Gasteiger partial charge in [0.05, 0.1) is 11.9 Å². The minimum atomic E-state index is -3.22. The summed E-state index contributed by atoms with van der Waals surface area (Å²) in [5.74, 6) is 0.664. The molecule has 0 aromatic heterocycles. The van der Waals surface area contributed by atoms with Gasteiger partial charge >= 0.3 is 0 Å². The van der Waals surface area contributed by atoms with Gasteiger partial charge in [-0.1, -0.05) is 12.1 Å². The number of rotatable bonds is 5. The molecule has 0 aliphatic carbocycles. The Hall–Kier alpha value is -1.07. The number of sulfonamides is 1. The van der Waals surface area contributed by atoms with Crippen molar-refractivity contribution in [3.63, 3.8) is 0 Å². The zero-order valence-electron chi connectivity index (χ0n) is 9.73. The molecule has 0 spiro atoms. The van der Waals surface area contributed by atoms with Crippen LogP contribution in [0.2, 0.25) is 0 Å². The lowest BCUT2D eigenvalue weighted by molar-refractivity contribution is 0.242. The SMILES string of the molecule is CNS(=O)(=O)Cc1cccc(OC(C)C)c1. The molecule has 0 heterocycles. The van der Waals surface area contributed by atoms with E-state index >= 15 is 0 Å². The van der Waals surface area contributed by atoms with Gasteiger partial charge in [-0.2, -0.15) is 0 Å². The van der Waals surface area contributed by atoms with Gasteiger partial charge in [-0.05, 0) is 38.6 Å². The fraction of sp³-hybridized carbons (Fsp3) is 0.455. The Morgan fingerprint density at radius 2 is 2.06 bits per heavy atom. The zero-order chi connectivity index (χ0) is 12.2. The van der Waals surface area contributed by atoms with Crippen molar-refractivity contribution in [1.82, 2.24) is 4.72 Å². The van der Waals surface area contributed by atoms with E-state index in [1.54, 1.807) is 18.2 Å². The van der Waals surface area contributed by atoms with Crippen LogP contribution in [0.4, 0.5) is 0 Å². The van der Waals surface area contributed by atoms with Gasteiger partial charge in [0, 0.05) is 0 Å². The van der Waals surface area contributed by atoms with Gasteiger partial charge in [-0.3, -0.25) is 0 Å². The van der Waals surface area contributed by atoms with E-state index in [0.717, 1.165) is 0 Å². The summed E-state index contributed by atoms with van der Waals surface area (Å²) in [5.41, 5.74) is 0.715. The van der Waals surface area contributed by atoms with Crippen molar-refractivity contribution < 1.29 is 13.2 Å². The first-order valence-corrected chi connectivity index (χ1v) is 6.75. The van der Waals surface area contributed by atoms with E-state index in [1.165, 1.54) is 7.05 Å². The van der Waals surface area contributed by atoms with Crippen molar-refractivity contribution in [3.05, 3.63) is 29.8 Å². The van der Waals surface area contributed by atoms with Crippen LogP contribution in [0.1, 0.15) is 19.4 Å². The second-order valence-corrected chi connectivity index (χ2v) is 5.70. The lowest BCUT2D eigenvalue weighted by Gasteiger charge is -2.10. The molecule has 1 rings (SSSR count). The monoisotopic (exact) mass is 243 g/mol. The maximum absolute atomic E-state index is 11.4. The van der Waals surface area contributed by atoms with Crippen LogP contribution in [0.3, 0.4) is 0 Å². The van der Waals surface area contributed by atoms with Gasteiger partial charge in [0.1, 0.15) is 5.75 Å². The standard InChI is InChI=1S/C11H17NO3S/c1-9(2)15-11-6-4-5-10(7-11)8-16(13,14)12-3/h4-7,9,12H,8H2,1-3H3. The molecule has 0 aliphatic heterocycles. The van der Waals surface area contributed by atoms with Gasteiger partial charge in [0.2, 0.25) is 10.0 Å². The van der Waals surface area contributed by atoms with Crippen molar-refractivity contribution in [3.8, 4) is 5.75 Å². The van der Waals surface area contributed by atoms with Crippen molar-refractivity contribution in [2.75, 3.05) is 7.05 Å². The lowest BCUT2D eigenvalue weighted by atomic mass is 10.2. The molecule has 0 saturated heterocycles. The molecular formula is C11H17NO3S. The van der Waals surface area contributed by atoms with E-state index < -0.39 is 10.0 Å². The summed E-state index contributed by atoms with van der Waals surface area (Å²) in [7, 11) is -1.82. The zero-order valence-corrected chi connectivity index (χ0v) is 10.5. The lowest BCUT2D eigenvalue weighted by Crippen LogP contribution is -2.20. The van der Waals surface area contributed by atoms with Crippen LogP contribution in [0.5, 0.6) is 5.75 Å². The maximum Gasteiger partial charge on any atom is 0.215 e. The van der Waals surface area contributed by atoms with E-state index in [9.17, 15) is 8.42 Å². The summed E-state index contributed by atoms with van der Waals surface area (Å²) in [5, 5.41) is 0. The highest BCUT2D eigenvalue weighted by molar-refractivity contribution is 7.88. The van der Waals surface area contributed by atoms with Gasteiger partial charge in [-0.15, -0.1) is 0 Å². The van der Waals surface area contributed by atoms with Crippen LogP contribution >= 0.6 is 0 Å². The van der Waals surface area contributed by atoms with E-state index in [2.05, 4.69) is 4.72 Å². The van der Waals surface area contributed by atoms with Gasteiger partial charge in [0.25, 0.3) is 0 Å². The van der Waals surface area contributed by atoms with Crippen molar-refractivity contribution in [2.24, 2.45) is 0 Å². The second kappa shape index (κ2) is 5.32. The molecule has 0 radical (unpaired) electrons. The number of benzene rings is 1. The van der Waals surface area contributed by atoms with Crippen LogP contribution in [0.15, 0.2) is 24.3 Å². The summed E-state index contributed by atoms with van der Waals surface area (Å²) in [6.45, 7) is 3.86. The van der Waals surface area contributed by atoms with Crippen LogP contribution in [-0.2, 0) is 15.8 Å². The number of hydrogen-bond acceptors (Lipinski definition) is 3. The third-order valence-corrected chi connectivity index (χ3v) is 3.27. The van der Waals surface area contributed by atoms with Gasteiger partial charge < -0.3 is 4.74 Å². The predicted molar refractivity (Wildman–Crippen MR) is 63.9 cm³/mol. The average molecular weight is 243 g/mol. The molecule has 5 heteroatoms. The second-order valence-electron chi connectivity index (χ2n) is 3.78. The molecule has 4 nitrogen and oxygen atoms in total. The largest absolute Gasteiger partial charge is 0.491 e. The highest BCUT2D eigenvalue weighted by Gasteiger charge is 2.09. The average Bonchev–Trinajstić information content (AvgIpc) is 2.16. The molecule has 1 aromatic carbocycles. The molecule has 0 fully saturated rings. The van der Waals surface area contributed by atoms with Crippen LogP contribution in [0, 0.1) is 0 Å². The van der Waals surface area contributed by atoms with Crippen molar-refractivity contribution >= 4 is 10.0 Å². The van der Waals surface area contributed by atoms with Gasteiger partial charge in [0.15, 0.2) is 0 Å². The van der Waals surface area contributed by atoms with Crippen LogP contribution < -0.4 is 9.46 Å². The first-order valence-electron chi connectivity index (χ1n) is 5.10. The van der Waals surface area contributed by atoms with Crippen molar-refractivity contribution in [2.45, 2.75) is 25.7 Å². The predicted octanol–water partition coefficient (Wildman–Crippen LogP) is 1.52. The Bertz CT molecular complexity index is 440.